The van der Waals surface area contributed by atoms with E-state index in [4.69, 9.17) is 34.8 Å². The average molecular weight is 191 g/mol. The van der Waals surface area contributed by atoms with Crippen molar-refractivity contribution in [3.8, 4) is 0 Å². The van der Waals surface area contributed by atoms with E-state index in [0.29, 0.717) is 10.4 Å². The minimum Gasteiger partial charge on any atom is -0.312 e. The molecule has 0 aliphatic carbocycles. The van der Waals surface area contributed by atoms with Crippen LogP contribution in [0.2, 0.25) is 0 Å². The molecule has 0 saturated carbocycles. The summed E-state index contributed by atoms with van der Waals surface area (Å²) in [4.78, 5) is 2.68. The second-order valence-corrected chi connectivity index (χ2v) is 3.51. The molecule has 0 fully saturated rings. The average Bonchev–Trinajstić information content (AvgIpc) is 1.67. The molecule has 0 aliphatic rings. The third-order valence-corrected chi connectivity index (χ3v) is 3.35. The summed E-state index contributed by atoms with van der Waals surface area (Å²) in [5.74, 6) is 0. The van der Waals surface area contributed by atoms with Gasteiger partial charge in [0.15, 0.2) is 4.46 Å². The number of alkyl halides is 2. The molecular weight excluding hydrogens is 184 g/mol. The lowest BCUT2D eigenvalue weighted by molar-refractivity contribution is 0.919. The molecule has 0 unspecified atom stereocenters. The number of hydrogen-bond acceptors (Lipinski definition) is 1. The molecule has 0 atom stereocenters. The van der Waals surface area contributed by atoms with Gasteiger partial charge in [-0.05, 0) is 0 Å². The van der Waals surface area contributed by atoms with Crippen molar-refractivity contribution < 1.29 is 0 Å². The lowest BCUT2D eigenvalue weighted by Gasteiger charge is -2.15. The van der Waals surface area contributed by atoms with E-state index >= 15 is 0 Å². The minimum absolute atomic E-state index is 0.204. The van der Waals surface area contributed by atoms with E-state index in [1.807, 2.05) is 0 Å². The summed E-state index contributed by atoms with van der Waals surface area (Å²) in [7, 11) is 0.686. The number of nitrogens with one attached hydrogen (secondary N) is 1. The standard InChI is InChI=1S/C3H6Cl3NSi/c1-2(4)3(5,6)7-8/h7H,1H2,8H3. The molecule has 0 heterocycles. The molecule has 0 rings (SSSR count). The molecule has 0 spiro atoms. The van der Waals surface area contributed by atoms with Crippen molar-refractivity contribution in [2.24, 2.45) is 0 Å². The van der Waals surface area contributed by atoms with Gasteiger partial charge in [-0.3, -0.25) is 0 Å². The number of rotatable bonds is 2. The maximum atomic E-state index is 5.51. The summed E-state index contributed by atoms with van der Waals surface area (Å²) in [6.45, 7) is 3.36. The number of hydrogen-bond donors (Lipinski definition) is 1. The molecule has 0 amide bonds. The maximum absolute atomic E-state index is 5.51. The van der Waals surface area contributed by atoms with Crippen LogP contribution in [0, 0.1) is 0 Å². The van der Waals surface area contributed by atoms with Gasteiger partial charge in [0.2, 0.25) is 0 Å². The summed E-state index contributed by atoms with van der Waals surface area (Å²) in [5, 5.41) is 0.204. The van der Waals surface area contributed by atoms with Gasteiger partial charge in [-0.1, -0.05) is 41.4 Å². The predicted octanol–water partition coefficient (Wildman–Crippen LogP) is 0.740. The predicted molar refractivity (Wildman–Crippen MR) is 42.5 cm³/mol. The zero-order valence-corrected chi connectivity index (χ0v) is 8.61. The highest BCUT2D eigenvalue weighted by Crippen LogP contribution is 2.27. The van der Waals surface area contributed by atoms with E-state index in [9.17, 15) is 0 Å². The molecular formula is C3H6Cl3NSi. The fourth-order valence-electron chi connectivity index (χ4n) is 0.136. The van der Waals surface area contributed by atoms with Gasteiger partial charge >= 0.3 is 0 Å². The smallest absolute Gasteiger partial charge is 0.198 e. The summed E-state index contributed by atoms with van der Waals surface area (Å²) in [6, 6.07) is 0. The lowest BCUT2D eigenvalue weighted by atomic mass is 10.6. The number of halogens is 3. The minimum atomic E-state index is -1.13. The van der Waals surface area contributed by atoms with E-state index in [2.05, 4.69) is 11.6 Å². The van der Waals surface area contributed by atoms with Gasteiger partial charge in [0.1, 0.15) is 0 Å². The van der Waals surface area contributed by atoms with Crippen LogP contribution < -0.4 is 4.98 Å². The zero-order valence-electron chi connectivity index (χ0n) is 4.34. The van der Waals surface area contributed by atoms with Crippen molar-refractivity contribution in [1.82, 2.24) is 4.98 Å². The van der Waals surface area contributed by atoms with Crippen molar-refractivity contribution in [2.75, 3.05) is 0 Å². The van der Waals surface area contributed by atoms with Gasteiger partial charge in [0.05, 0.1) is 15.4 Å². The Labute approximate surface area is 66.5 Å². The molecule has 8 heavy (non-hydrogen) atoms. The molecule has 0 aliphatic heterocycles. The van der Waals surface area contributed by atoms with Gasteiger partial charge < -0.3 is 4.98 Å². The van der Waals surface area contributed by atoms with Crippen LogP contribution in [0.5, 0.6) is 0 Å². The third kappa shape index (κ3) is 2.37. The Morgan fingerprint density at radius 1 is 1.62 bits per heavy atom. The van der Waals surface area contributed by atoms with Crippen LogP contribution in [-0.4, -0.2) is 14.9 Å². The van der Waals surface area contributed by atoms with E-state index in [-0.39, 0.29) is 5.03 Å². The summed E-state index contributed by atoms with van der Waals surface area (Å²) in [5.41, 5.74) is 0. The lowest BCUT2D eigenvalue weighted by Crippen LogP contribution is -2.31. The molecule has 0 bridgehead atoms. The van der Waals surface area contributed by atoms with Gasteiger partial charge in [-0.15, -0.1) is 0 Å². The molecule has 0 aromatic heterocycles. The Hall–Kier alpha value is 0.787. The molecule has 1 N–H and O–H groups in total. The van der Waals surface area contributed by atoms with E-state index in [0.717, 1.165) is 0 Å². The van der Waals surface area contributed by atoms with Crippen LogP contribution in [0.15, 0.2) is 11.6 Å². The van der Waals surface area contributed by atoms with Gasteiger partial charge in [0, 0.05) is 0 Å². The van der Waals surface area contributed by atoms with Crippen molar-refractivity contribution >= 4 is 45.2 Å². The van der Waals surface area contributed by atoms with Gasteiger partial charge in [-0.2, -0.15) is 0 Å². The molecule has 5 heteroatoms. The van der Waals surface area contributed by atoms with E-state index < -0.39 is 4.46 Å². The first-order valence-corrected chi connectivity index (χ1v) is 4.05. The Morgan fingerprint density at radius 3 is 2.00 bits per heavy atom. The van der Waals surface area contributed by atoms with E-state index in [1.54, 1.807) is 0 Å². The summed E-state index contributed by atoms with van der Waals surface area (Å²) >= 11 is 16.4. The molecule has 48 valence electrons. The molecule has 0 aromatic carbocycles. The largest absolute Gasteiger partial charge is 0.312 e. The normalized spacial score (nSPS) is 11.9. The van der Waals surface area contributed by atoms with Crippen LogP contribution in [-0.2, 0) is 0 Å². The second-order valence-electron chi connectivity index (χ2n) is 1.23. The van der Waals surface area contributed by atoms with E-state index in [1.165, 1.54) is 0 Å². The third-order valence-electron chi connectivity index (χ3n) is 0.655. The van der Waals surface area contributed by atoms with Gasteiger partial charge in [-0.25, -0.2) is 0 Å². The SMILES string of the molecule is C=C(Cl)C(Cl)(Cl)N[SiH3]. The Balaban J connectivity index is 3.91. The van der Waals surface area contributed by atoms with Crippen LogP contribution in [0.25, 0.3) is 0 Å². The fourth-order valence-corrected chi connectivity index (χ4v) is 0.690. The molecule has 1 nitrogen and oxygen atoms in total. The Bertz CT molecular complexity index is 103. The summed E-state index contributed by atoms with van der Waals surface area (Å²) in [6.07, 6.45) is 0. The fraction of sp³-hybridized carbons (Fsp3) is 0.333. The Morgan fingerprint density at radius 2 is 2.00 bits per heavy atom. The monoisotopic (exact) mass is 189 g/mol. The first kappa shape index (κ1) is 8.79. The Kier molecular flexibility index (Phi) is 3.39. The van der Waals surface area contributed by atoms with Crippen LogP contribution in [0.3, 0.4) is 0 Å². The van der Waals surface area contributed by atoms with Crippen molar-refractivity contribution in [3.05, 3.63) is 11.6 Å². The van der Waals surface area contributed by atoms with Crippen LogP contribution in [0.4, 0.5) is 0 Å². The second kappa shape index (κ2) is 3.08. The highest BCUT2D eigenvalue weighted by molar-refractivity contribution is 6.56. The maximum Gasteiger partial charge on any atom is 0.198 e. The quantitative estimate of drug-likeness (QED) is 0.385. The molecule has 0 aromatic rings. The summed E-state index contributed by atoms with van der Waals surface area (Å²) < 4.78 is -1.13. The van der Waals surface area contributed by atoms with Crippen molar-refractivity contribution in [2.45, 2.75) is 4.46 Å². The van der Waals surface area contributed by atoms with Gasteiger partial charge in [0.25, 0.3) is 0 Å². The zero-order chi connectivity index (χ0) is 6.78. The first-order chi connectivity index (χ1) is 3.50. The van der Waals surface area contributed by atoms with Crippen LogP contribution >= 0.6 is 34.8 Å². The van der Waals surface area contributed by atoms with Crippen molar-refractivity contribution in [3.63, 3.8) is 0 Å². The molecule has 0 saturated heterocycles. The highest BCUT2D eigenvalue weighted by Gasteiger charge is 2.22. The molecule has 0 radical (unpaired) electrons. The first-order valence-electron chi connectivity index (χ1n) is 1.92. The van der Waals surface area contributed by atoms with Crippen molar-refractivity contribution in [1.29, 1.82) is 0 Å². The topological polar surface area (TPSA) is 12.0 Å². The van der Waals surface area contributed by atoms with Crippen LogP contribution in [0.1, 0.15) is 0 Å². The highest BCUT2D eigenvalue weighted by atomic mass is 35.5.